The van der Waals surface area contributed by atoms with E-state index in [1.165, 1.54) is 44.1 Å². The van der Waals surface area contributed by atoms with Crippen molar-refractivity contribution in [3.63, 3.8) is 0 Å². The summed E-state index contributed by atoms with van der Waals surface area (Å²) in [5.41, 5.74) is 11.9. The lowest BCUT2D eigenvalue weighted by atomic mass is 9.48. The highest BCUT2D eigenvalue weighted by molar-refractivity contribution is 5.85. The van der Waals surface area contributed by atoms with Crippen molar-refractivity contribution in [1.29, 1.82) is 5.26 Å². The third-order valence-electron chi connectivity index (χ3n) is 12.3. The first-order chi connectivity index (χ1) is 26.6. The standard InChI is InChI=1S/C50H40N4/c51-32-33-9-6-13-40(26-33)45-17-4-5-18-46(45)41-14-8-16-43(28-41)49-53-47(52-48(54-49)42-15-7-12-39(27-42)37-10-2-1-3-11-37)38-19-21-44(22-20-38)50-29-34-23-35(30-50)25-36(24-34)31-50/h1-22,26-28,34-36H,23-25,29-31H2. The van der Waals surface area contributed by atoms with Crippen LogP contribution in [0.4, 0.5) is 0 Å². The van der Waals surface area contributed by atoms with Gasteiger partial charge in [-0.2, -0.15) is 5.26 Å². The van der Waals surface area contributed by atoms with Crippen LogP contribution < -0.4 is 0 Å². The molecule has 0 amide bonds. The van der Waals surface area contributed by atoms with E-state index >= 15 is 0 Å². The van der Waals surface area contributed by atoms with Gasteiger partial charge in [-0.25, -0.2) is 15.0 Å². The molecule has 4 nitrogen and oxygen atoms in total. The predicted molar refractivity (Wildman–Crippen MR) is 217 cm³/mol. The van der Waals surface area contributed by atoms with Crippen LogP contribution in [0.25, 0.3) is 67.5 Å². The monoisotopic (exact) mass is 696 g/mol. The summed E-state index contributed by atoms with van der Waals surface area (Å²) in [6, 6.07) is 55.1. The van der Waals surface area contributed by atoms with Crippen molar-refractivity contribution < 1.29 is 0 Å². The van der Waals surface area contributed by atoms with Crippen LogP contribution in [0.15, 0.2) is 152 Å². The Kier molecular flexibility index (Phi) is 8.02. The average Bonchev–Trinajstić information content (AvgIpc) is 3.23. The van der Waals surface area contributed by atoms with Gasteiger partial charge in [0, 0.05) is 16.7 Å². The molecule has 0 radical (unpaired) electrons. The number of hydrogen-bond acceptors (Lipinski definition) is 4. The third-order valence-corrected chi connectivity index (χ3v) is 12.3. The SMILES string of the molecule is N#Cc1cccc(-c2ccccc2-c2cccc(-c3nc(-c4ccc(C56CC7CC(CC(C7)C5)C6)cc4)nc(-c4cccc(-c5ccccc5)c4)n3)c2)c1. The second-order valence-corrected chi connectivity index (χ2v) is 15.8. The van der Waals surface area contributed by atoms with Crippen LogP contribution >= 0.6 is 0 Å². The van der Waals surface area contributed by atoms with Crippen molar-refractivity contribution in [3.8, 4) is 73.6 Å². The molecule has 0 atom stereocenters. The maximum Gasteiger partial charge on any atom is 0.164 e. The fraction of sp³-hybridized carbons (Fsp3) is 0.200. The van der Waals surface area contributed by atoms with Crippen LogP contribution in [0.1, 0.15) is 49.7 Å². The predicted octanol–water partition coefficient (Wildman–Crippen LogP) is 12.2. The van der Waals surface area contributed by atoms with Gasteiger partial charge in [-0.3, -0.25) is 0 Å². The quantitative estimate of drug-likeness (QED) is 0.166. The summed E-state index contributed by atoms with van der Waals surface area (Å²) in [4.78, 5) is 15.5. The molecule has 0 unspecified atom stereocenters. The Balaban J connectivity index is 1.07. The molecule has 1 heterocycles. The van der Waals surface area contributed by atoms with Crippen LogP contribution in [0.3, 0.4) is 0 Å². The minimum atomic E-state index is 0.341. The Morgan fingerprint density at radius 3 is 1.48 bits per heavy atom. The molecular formula is C50H40N4. The topological polar surface area (TPSA) is 62.5 Å². The first-order valence-electron chi connectivity index (χ1n) is 19.3. The van der Waals surface area contributed by atoms with E-state index in [2.05, 4.69) is 127 Å². The molecule has 4 aliphatic rings. The van der Waals surface area contributed by atoms with Gasteiger partial charge >= 0.3 is 0 Å². The van der Waals surface area contributed by atoms with Gasteiger partial charge in [0.05, 0.1) is 11.6 Å². The average molecular weight is 697 g/mol. The molecule has 0 spiro atoms. The van der Waals surface area contributed by atoms with E-state index in [4.69, 9.17) is 15.0 Å². The molecule has 4 heteroatoms. The zero-order chi connectivity index (χ0) is 36.1. The van der Waals surface area contributed by atoms with E-state index in [0.29, 0.717) is 28.5 Å². The van der Waals surface area contributed by atoms with Gasteiger partial charge in [0.2, 0.25) is 0 Å². The maximum absolute atomic E-state index is 9.59. The summed E-state index contributed by atoms with van der Waals surface area (Å²) in [7, 11) is 0. The molecule has 11 rings (SSSR count). The molecule has 6 aromatic carbocycles. The van der Waals surface area contributed by atoms with Crippen molar-refractivity contribution in [2.75, 3.05) is 0 Å². The van der Waals surface area contributed by atoms with Crippen molar-refractivity contribution in [1.82, 2.24) is 15.0 Å². The molecular weight excluding hydrogens is 657 g/mol. The first-order valence-corrected chi connectivity index (χ1v) is 19.3. The van der Waals surface area contributed by atoms with Gasteiger partial charge in [-0.15, -0.1) is 0 Å². The third kappa shape index (κ3) is 6.00. The van der Waals surface area contributed by atoms with Gasteiger partial charge in [0.15, 0.2) is 17.5 Å². The highest BCUT2D eigenvalue weighted by Gasteiger charge is 2.51. The summed E-state index contributed by atoms with van der Waals surface area (Å²) in [6.07, 6.45) is 8.37. The molecule has 4 bridgehead atoms. The van der Waals surface area contributed by atoms with Gasteiger partial charge in [-0.05, 0) is 125 Å². The Hall–Kier alpha value is -6.18. The molecule has 54 heavy (non-hydrogen) atoms. The van der Waals surface area contributed by atoms with Crippen molar-refractivity contribution in [2.24, 2.45) is 17.8 Å². The molecule has 4 aliphatic carbocycles. The summed E-state index contributed by atoms with van der Waals surface area (Å²) >= 11 is 0. The number of nitrogens with zero attached hydrogens (tertiary/aromatic N) is 4. The second kappa shape index (κ2) is 13.3. The van der Waals surface area contributed by atoms with Gasteiger partial charge < -0.3 is 0 Å². The molecule has 260 valence electrons. The van der Waals surface area contributed by atoms with Crippen molar-refractivity contribution >= 4 is 0 Å². The second-order valence-electron chi connectivity index (χ2n) is 15.8. The van der Waals surface area contributed by atoms with Crippen molar-refractivity contribution in [2.45, 2.75) is 43.9 Å². The lowest BCUT2D eigenvalue weighted by molar-refractivity contribution is -0.00518. The smallest absolute Gasteiger partial charge is 0.164 e. The van der Waals surface area contributed by atoms with Gasteiger partial charge in [0.1, 0.15) is 0 Å². The number of hydrogen-bond donors (Lipinski definition) is 0. The fourth-order valence-corrected chi connectivity index (χ4v) is 10.2. The highest BCUT2D eigenvalue weighted by Crippen LogP contribution is 2.60. The molecule has 4 fully saturated rings. The number of benzene rings is 6. The summed E-state index contributed by atoms with van der Waals surface area (Å²) in [6.45, 7) is 0. The first kappa shape index (κ1) is 32.5. The zero-order valence-corrected chi connectivity index (χ0v) is 30.2. The minimum absolute atomic E-state index is 0.341. The normalized spacial score (nSPS) is 21.1. The zero-order valence-electron chi connectivity index (χ0n) is 30.2. The summed E-state index contributed by atoms with van der Waals surface area (Å²) in [5.74, 6) is 4.68. The Labute approximate surface area is 317 Å². The lowest BCUT2D eigenvalue weighted by Crippen LogP contribution is -2.48. The van der Waals surface area contributed by atoms with Crippen LogP contribution in [-0.2, 0) is 5.41 Å². The lowest BCUT2D eigenvalue weighted by Gasteiger charge is -2.57. The molecule has 4 saturated carbocycles. The van der Waals surface area contributed by atoms with Gasteiger partial charge in [-0.1, -0.05) is 127 Å². The Morgan fingerprint density at radius 2 is 0.889 bits per heavy atom. The Bertz CT molecular complexity index is 2510. The maximum atomic E-state index is 9.59. The number of rotatable bonds is 7. The van der Waals surface area contributed by atoms with E-state index in [9.17, 15) is 5.26 Å². The summed E-state index contributed by atoms with van der Waals surface area (Å²) in [5, 5.41) is 9.59. The molecule has 0 aliphatic heterocycles. The van der Waals surface area contributed by atoms with Crippen LogP contribution in [-0.4, -0.2) is 15.0 Å². The largest absolute Gasteiger partial charge is 0.208 e. The van der Waals surface area contributed by atoms with Crippen LogP contribution in [0, 0.1) is 29.1 Å². The minimum Gasteiger partial charge on any atom is -0.208 e. The fourth-order valence-electron chi connectivity index (χ4n) is 10.2. The van der Waals surface area contributed by atoms with E-state index in [-0.39, 0.29) is 0 Å². The van der Waals surface area contributed by atoms with E-state index in [1.54, 1.807) is 0 Å². The Morgan fingerprint density at radius 1 is 0.426 bits per heavy atom. The van der Waals surface area contributed by atoms with E-state index in [0.717, 1.165) is 67.8 Å². The number of nitriles is 1. The van der Waals surface area contributed by atoms with Crippen LogP contribution in [0.5, 0.6) is 0 Å². The van der Waals surface area contributed by atoms with E-state index in [1.807, 2.05) is 30.3 Å². The van der Waals surface area contributed by atoms with E-state index < -0.39 is 0 Å². The highest BCUT2D eigenvalue weighted by atomic mass is 15.0. The summed E-state index contributed by atoms with van der Waals surface area (Å²) < 4.78 is 0. The molecule has 1 aromatic heterocycles. The van der Waals surface area contributed by atoms with Gasteiger partial charge in [0.25, 0.3) is 0 Å². The van der Waals surface area contributed by atoms with Crippen molar-refractivity contribution in [3.05, 3.63) is 163 Å². The molecule has 0 saturated heterocycles. The number of aromatic nitrogens is 3. The molecule has 7 aromatic rings. The molecule has 0 N–H and O–H groups in total. The van der Waals surface area contributed by atoms with Crippen LogP contribution in [0.2, 0.25) is 0 Å².